The van der Waals surface area contributed by atoms with Crippen molar-refractivity contribution in [1.29, 1.82) is 0 Å². The summed E-state index contributed by atoms with van der Waals surface area (Å²) in [7, 11) is 1.58. The molecule has 0 N–H and O–H groups in total. The van der Waals surface area contributed by atoms with Crippen molar-refractivity contribution < 1.29 is 14.3 Å². The van der Waals surface area contributed by atoms with E-state index in [2.05, 4.69) is 10.1 Å². The van der Waals surface area contributed by atoms with Gasteiger partial charge in [0.15, 0.2) is 5.82 Å². The summed E-state index contributed by atoms with van der Waals surface area (Å²) in [5.74, 6) is 1.22. The predicted molar refractivity (Wildman–Crippen MR) is 116 cm³/mol. The standard InChI is InChI=1S/C23H25N5O3/c1-3-20-19(16-25-28(20)21-9-4-5-10-24-21)23(30)27-13-11-26(12-14-27)22(29)17-7-6-8-18(15-17)31-2/h4-10,15-16H,3,11-14H2,1-2H3. The molecule has 1 saturated heterocycles. The maximum absolute atomic E-state index is 13.2. The first kappa shape index (κ1) is 20.6. The Labute approximate surface area is 181 Å². The quantitative estimate of drug-likeness (QED) is 0.635. The van der Waals surface area contributed by atoms with Crippen LogP contribution in [0.25, 0.3) is 5.82 Å². The third kappa shape index (κ3) is 4.14. The molecule has 160 valence electrons. The molecule has 0 atom stereocenters. The van der Waals surface area contributed by atoms with Crippen LogP contribution in [0.3, 0.4) is 0 Å². The number of piperazine rings is 1. The van der Waals surface area contributed by atoms with Crippen molar-refractivity contribution in [3.05, 3.63) is 71.7 Å². The first-order chi connectivity index (χ1) is 15.1. The Morgan fingerprint density at radius 2 is 1.74 bits per heavy atom. The lowest BCUT2D eigenvalue weighted by Gasteiger charge is -2.34. The van der Waals surface area contributed by atoms with Crippen LogP contribution in [0, 0.1) is 0 Å². The number of ether oxygens (including phenoxy) is 1. The van der Waals surface area contributed by atoms with Crippen LogP contribution in [-0.2, 0) is 6.42 Å². The van der Waals surface area contributed by atoms with E-state index in [1.165, 1.54) is 0 Å². The number of nitrogens with zero attached hydrogens (tertiary/aromatic N) is 5. The molecular weight excluding hydrogens is 394 g/mol. The molecule has 0 aliphatic carbocycles. The van der Waals surface area contributed by atoms with Crippen LogP contribution in [0.1, 0.15) is 33.3 Å². The van der Waals surface area contributed by atoms with Crippen molar-refractivity contribution in [2.45, 2.75) is 13.3 Å². The van der Waals surface area contributed by atoms with Crippen molar-refractivity contribution in [2.24, 2.45) is 0 Å². The molecule has 2 aromatic heterocycles. The lowest BCUT2D eigenvalue weighted by molar-refractivity contribution is 0.0534. The number of aromatic nitrogens is 3. The maximum atomic E-state index is 13.2. The zero-order valence-electron chi connectivity index (χ0n) is 17.7. The highest BCUT2D eigenvalue weighted by molar-refractivity contribution is 5.96. The average Bonchev–Trinajstić information content (AvgIpc) is 3.28. The number of carbonyl (C=O) groups excluding carboxylic acids is 2. The largest absolute Gasteiger partial charge is 0.497 e. The van der Waals surface area contributed by atoms with Crippen molar-refractivity contribution in [1.82, 2.24) is 24.6 Å². The van der Waals surface area contributed by atoms with E-state index in [1.54, 1.807) is 52.2 Å². The van der Waals surface area contributed by atoms with Gasteiger partial charge in [-0.05, 0) is 36.8 Å². The molecule has 3 heterocycles. The molecule has 4 rings (SSSR count). The summed E-state index contributed by atoms with van der Waals surface area (Å²) in [4.78, 5) is 33.9. The van der Waals surface area contributed by atoms with E-state index < -0.39 is 0 Å². The number of pyridine rings is 1. The Bertz CT molecular complexity index is 1070. The van der Waals surface area contributed by atoms with E-state index in [0.717, 1.165) is 5.69 Å². The fraction of sp³-hybridized carbons (Fsp3) is 0.304. The van der Waals surface area contributed by atoms with Crippen molar-refractivity contribution in [3.63, 3.8) is 0 Å². The molecule has 0 bridgehead atoms. The highest BCUT2D eigenvalue weighted by Gasteiger charge is 2.28. The molecule has 2 amide bonds. The van der Waals surface area contributed by atoms with Gasteiger partial charge in [-0.1, -0.05) is 19.1 Å². The molecule has 1 aliphatic heterocycles. The summed E-state index contributed by atoms with van der Waals surface area (Å²) in [6.07, 6.45) is 3.98. The summed E-state index contributed by atoms with van der Waals surface area (Å²) in [6, 6.07) is 12.7. The van der Waals surface area contributed by atoms with Crippen LogP contribution >= 0.6 is 0 Å². The molecule has 8 nitrogen and oxygen atoms in total. The van der Waals surface area contributed by atoms with Gasteiger partial charge in [0.05, 0.1) is 24.6 Å². The number of amides is 2. The van der Waals surface area contributed by atoms with Gasteiger partial charge >= 0.3 is 0 Å². The minimum atomic E-state index is -0.0625. The van der Waals surface area contributed by atoms with Crippen LogP contribution < -0.4 is 4.74 Å². The smallest absolute Gasteiger partial charge is 0.257 e. The fourth-order valence-corrected chi connectivity index (χ4v) is 3.79. The zero-order valence-corrected chi connectivity index (χ0v) is 17.7. The van der Waals surface area contributed by atoms with Gasteiger partial charge in [0.2, 0.25) is 0 Å². The van der Waals surface area contributed by atoms with Gasteiger partial charge in [-0.2, -0.15) is 5.10 Å². The topological polar surface area (TPSA) is 80.6 Å². The first-order valence-electron chi connectivity index (χ1n) is 10.3. The molecular formula is C23H25N5O3. The molecule has 1 aliphatic rings. The minimum absolute atomic E-state index is 0.0526. The molecule has 0 unspecified atom stereocenters. The third-order valence-electron chi connectivity index (χ3n) is 5.47. The summed E-state index contributed by atoms with van der Waals surface area (Å²) >= 11 is 0. The number of hydrogen-bond donors (Lipinski definition) is 0. The predicted octanol–water partition coefficient (Wildman–Crippen LogP) is 2.44. The molecule has 0 saturated carbocycles. The second-order valence-corrected chi connectivity index (χ2v) is 7.27. The second kappa shape index (κ2) is 8.99. The van der Waals surface area contributed by atoms with Crippen LogP contribution in [0.4, 0.5) is 0 Å². The van der Waals surface area contributed by atoms with Crippen molar-refractivity contribution in [3.8, 4) is 11.6 Å². The molecule has 1 aromatic carbocycles. The van der Waals surface area contributed by atoms with Gasteiger partial charge in [-0.15, -0.1) is 0 Å². The Kier molecular flexibility index (Phi) is 5.97. The van der Waals surface area contributed by atoms with Crippen LogP contribution in [0.15, 0.2) is 54.9 Å². The van der Waals surface area contributed by atoms with Crippen LogP contribution in [0.5, 0.6) is 5.75 Å². The monoisotopic (exact) mass is 419 g/mol. The maximum Gasteiger partial charge on any atom is 0.257 e. The summed E-state index contributed by atoms with van der Waals surface area (Å²) in [6.45, 7) is 3.92. The Morgan fingerprint density at radius 3 is 2.39 bits per heavy atom. The van der Waals surface area contributed by atoms with E-state index in [0.29, 0.717) is 55.3 Å². The Balaban J connectivity index is 1.45. The van der Waals surface area contributed by atoms with E-state index in [1.807, 2.05) is 31.2 Å². The van der Waals surface area contributed by atoms with Gasteiger partial charge in [0, 0.05) is 37.9 Å². The van der Waals surface area contributed by atoms with E-state index >= 15 is 0 Å². The number of hydrogen-bond acceptors (Lipinski definition) is 5. The SMILES string of the molecule is CCc1c(C(=O)N2CCN(C(=O)c3cccc(OC)c3)CC2)cnn1-c1ccccn1. The average molecular weight is 419 g/mol. The number of methoxy groups -OCH3 is 1. The fourth-order valence-electron chi connectivity index (χ4n) is 3.79. The van der Waals surface area contributed by atoms with E-state index in [4.69, 9.17) is 4.74 Å². The van der Waals surface area contributed by atoms with Crippen molar-refractivity contribution in [2.75, 3.05) is 33.3 Å². The van der Waals surface area contributed by atoms with E-state index in [9.17, 15) is 9.59 Å². The third-order valence-corrected chi connectivity index (χ3v) is 5.47. The van der Waals surface area contributed by atoms with Crippen LogP contribution in [-0.4, -0.2) is 69.7 Å². The van der Waals surface area contributed by atoms with Gasteiger partial charge < -0.3 is 14.5 Å². The summed E-state index contributed by atoms with van der Waals surface area (Å²) in [5.41, 5.74) is 2.00. The molecule has 0 spiro atoms. The second-order valence-electron chi connectivity index (χ2n) is 7.27. The summed E-state index contributed by atoms with van der Waals surface area (Å²) in [5, 5.41) is 4.40. The highest BCUT2D eigenvalue weighted by Crippen LogP contribution is 2.19. The zero-order chi connectivity index (χ0) is 21.8. The van der Waals surface area contributed by atoms with Crippen LogP contribution in [0.2, 0.25) is 0 Å². The van der Waals surface area contributed by atoms with Crippen molar-refractivity contribution >= 4 is 11.8 Å². The molecule has 0 radical (unpaired) electrons. The lowest BCUT2D eigenvalue weighted by Crippen LogP contribution is -2.50. The molecule has 3 aromatic rings. The first-order valence-corrected chi connectivity index (χ1v) is 10.3. The van der Waals surface area contributed by atoms with Gasteiger partial charge in [0.1, 0.15) is 5.75 Å². The van der Waals surface area contributed by atoms with Gasteiger partial charge in [-0.3, -0.25) is 9.59 Å². The lowest BCUT2D eigenvalue weighted by atomic mass is 10.1. The number of rotatable bonds is 5. The van der Waals surface area contributed by atoms with Gasteiger partial charge in [-0.25, -0.2) is 9.67 Å². The van der Waals surface area contributed by atoms with Gasteiger partial charge in [0.25, 0.3) is 11.8 Å². The molecule has 31 heavy (non-hydrogen) atoms. The summed E-state index contributed by atoms with van der Waals surface area (Å²) < 4.78 is 6.93. The van der Waals surface area contributed by atoms with E-state index in [-0.39, 0.29) is 11.8 Å². The minimum Gasteiger partial charge on any atom is -0.497 e. The molecule has 8 heteroatoms. The number of benzene rings is 1. The Morgan fingerprint density at radius 1 is 1.00 bits per heavy atom. The number of carbonyl (C=O) groups is 2. The highest BCUT2D eigenvalue weighted by atomic mass is 16.5. The normalized spacial score (nSPS) is 13.9. The Hall–Kier alpha value is -3.68. The molecule has 1 fully saturated rings.